The molecule has 0 saturated carbocycles. The van der Waals surface area contributed by atoms with E-state index in [-0.39, 0.29) is 5.41 Å². The second kappa shape index (κ2) is 10.9. The summed E-state index contributed by atoms with van der Waals surface area (Å²) in [4.78, 5) is 15.3. The summed E-state index contributed by atoms with van der Waals surface area (Å²) in [6, 6.07) is 54.8. The number of hydrogen-bond acceptors (Lipinski definition) is 4. The monoisotopic (exact) mass is 681 g/mol. The Balaban J connectivity index is 1.10. The van der Waals surface area contributed by atoms with Crippen molar-refractivity contribution in [3.63, 3.8) is 0 Å². The molecule has 8 aromatic carbocycles. The van der Waals surface area contributed by atoms with Crippen LogP contribution >= 0.6 is 11.3 Å². The molecule has 2 aromatic heterocycles. The second-order valence-electron chi connectivity index (χ2n) is 14.4. The van der Waals surface area contributed by atoms with E-state index >= 15 is 0 Å². The molecular formula is C48H31N3S. The predicted molar refractivity (Wildman–Crippen MR) is 219 cm³/mol. The van der Waals surface area contributed by atoms with Gasteiger partial charge in [0.15, 0.2) is 17.5 Å². The Morgan fingerprint density at radius 2 is 1.04 bits per heavy atom. The van der Waals surface area contributed by atoms with E-state index in [0.717, 1.165) is 22.1 Å². The predicted octanol–water partition coefficient (Wildman–Crippen LogP) is 13.0. The fourth-order valence-electron chi connectivity index (χ4n) is 8.44. The van der Waals surface area contributed by atoms with Crippen molar-refractivity contribution >= 4 is 63.8 Å². The molecule has 0 unspecified atom stereocenters. The van der Waals surface area contributed by atoms with Gasteiger partial charge in [0.2, 0.25) is 0 Å². The third-order valence-corrected chi connectivity index (χ3v) is 12.2. The first-order valence-corrected chi connectivity index (χ1v) is 18.6. The number of aromatic nitrogens is 3. The number of hydrogen-bond donors (Lipinski definition) is 0. The maximum Gasteiger partial charge on any atom is 0.164 e. The van der Waals surface area contributed by atoms with Crippen LogP contribution in [-0.2, 0) is 5.41 Å². The van der Waals surface area contributed by atoms with Gasteiger partial charge in [-0.25, -0.2) is 15.0 Å². The van der Waals surface area contributed by atoms with Crippen LogP contribution in [0.25, 0.3) is 97.8 Å². The number of benzene rings is 8. The maximum atomic E-state index is 5.15. The van der Waals surface area contributed by atoms with Gasteiger partial charge >= 0.3 is 0 Å². The van der Waals surface area contributed by atoms with E-state index in [0.29, 0.717) is 17.5 Å². The molecule has 0 fully saturated rings. The van der Waals surface area contributed by atoms with Crippen molar-refractivity contribution in [2.24, 2.45) is 0 Å². The van der Waals surface area contributed by atoms with Crippen LogP contribution in [0.4, 0.5) is 0 Å². The van der Waals surface area contributed by atoms with Crippen molar-refractivity contribution in [1.29, 1.82) is 0 Å². The molecule has 1 aliphatic carbocycles. The standard InChI is InChI=1S/C48H31N3S/c1-48(2)40-14-8-6-12-35(40)38-27-37-31(26-41(38)48)19-17-28-16-18-30-24-32(20-22-34(30)44(28)37)46-49-45(29-10-4-3-5-11-29)50-47(51-46)33-21-23-43-39(25-33)36-13-7-9-15-42(36)52-43/h3-27H,1-2H3. The molecule has 11 rings (SSSR count). The number of thiophene rings is 1. The van der Waals surface area contributed by atoms with E-state index in [4.69, 9.17) is 15.0 Å². The molecule has 1 aliphatic rings. The van der Waals surface area contributed by atoms with Gasteiger partial charge in [-0.05, 0) is 97.0 Å². The summed E-state index contributed by atoms with van der Waals surface area (Å²) < 4.78 is 2.54. The molecule has 2 heterocycles. The summed E-state index contributed by atoms with van der Waals surface area (Å²) in [5, 5.41) is 9.95. The quantitative estimate of drug-likeness (QED) is 0.174. The van der Waals surface area contributed by atoms with E-state index < -0.39 is 0 Å². The van der Waals surface area contributed by atoms with Gasteiger partial charge in [0.1, 0.15) is 0 Å². The summed E-state index contributed by atoms with van der Waals surface area (Å²) in [7, 11) is 0. The lowest BCUT2D eigenvalue weighted by Gasteiger charge is -2.22. The van der Waals surface area contributed by atoms with Crippen LogP contribution < -0.4 is 0 Å². The first-order chi connectivity index (χ1) is 25.5. The van der Waals surface area contributed by atoms with E-state index in [9.17, 15) is 0 Å². The fourth-order valence-corrected chi connectivity index (χ4v) is 9.53. The van der Waals surface area contributed by atoms with Gasteiger partial charge in [0.25, 0.3) is 0 Å². The van der Waals surface area contributed by atoms with Crippen molar-refractivity contribution in [1.82, 2.24) is 15.0 Å². The molecule has 0 amide bonds. The van der Waals surface area contributed by atoms with Crippen molar-refractivity contribution in [3.8, 4) is 45.3 Å². The van der Waals surface area contributed by atoms with Crippen molar-refractivity contribution in [2.45, 2.75) is 19.3 Å². The van der Waals surface area contributed by atoms with Crippen LogP contribution in [0.15, 0.2) is 152 Å². The SMILES string of the molecule is CC1(C)c2ccccc2-c2cc3c(ccc4ccc5cc(-c6nc(-c7ccccc7)nc(-c7ccc8sc9ccccc9c8c7)n6)ccc5c43)cc21. The van der Waals surface area contributed by atoms with E-state index in [1.807, 2.05) is 29.5 Å². The zero-order chi connectivity index (χ0) is 34.6. The van der Waals surface area contributed by atoms with Crippen LogP contribution in [0.3, 0.4) is 0 Å². The zero-order valence-electron chi connectivity index (χ0n) is 28.7. The fraction of sp³-hybridized carbons (Fsp3) is 0.0625. The summed E-state index contributed by atoms with van der Waals surface area (Å²) in [5.74, 6) is 2.00. The minimum absolute atomic E-state index is 0.0338. The minimum Gasteiger partial charge on any atom is -0.208 e. The van der Waals surface area contributed by atoms with Crippen LogP contribution in [-0.4, -0.2) is 15.0 Å². The minimum atomic E-state index is -0.0338. The third-order valence-electron chi connectivity index (χ3n) is 11.1. The molecule has 0 radical (unpaired) electrons. The highest BCUT2D eigenvalue weighted by atomic mass is 32.1. The highest BCUT2D eigenvalue weighted by Gasteiger charge is 2.35. The van der Waals surface area contributed by atoms with Gasteiger partial charge in [0.05, 0.1) is 0 Å². The number of rotatable bonds is 3. The van der Waals surface area contributed by atoms with Crippen LogP contribution in [0.2, 0.25) is 0 Å². The molecule has 4 heteroatoms. The van der Waals surface area contributed by atoms with Gasteiger partial charge in [-0.1, -0.05) is 123 Å². The molecule has 52 heavy (non-hydrogen) atoms. The van der Waals surface area contributed by atoms with Crippen molar-refractivity contribution in [2.75, 3.05) is 0 Å². The second-order valence-corrected chi connectivity index (χ2v) is 15.5. The Bertz CT molecular complexity index is 3100. The first kappa shape index (κ1) is 29.5. The molecular weight excluding hydrogens is 651 g/mol. The smallest absolute Gasteiger partial charge is 0.164 e. The Labute approximate surface area is 304 Å². The lowest BCUT2D eigenvalue weighted by molar-refractivity contribution is 0.661. The highest BCUT2D eigenvalue weighted by Crippen LogP contribution is 2.50. The van der Waals surface area contributed by atoms with E-state index in [2.05, 4.69) is 147 Å². The highest BCUT2D eigenvalue weighted by molar-refractivity contribution is 7.25. The van der Waals surface area contributed by atoms with E-state index in [1.54, 1.807) is 0 Å². The lowest BCUT2D eigenvalue weighted by atomic mass is 9.81. The summed E-state index contributed by atoms with van der Waals surface area (Å²) in [6.45, 7) is 4.69. The Kier molecular flexibility index (Phi) is 6.17. The van der Waals surface area contributed by atoms with Gasteiger partial charge in [-0.3, -0.25) is 0 Å². The van der Waals surface area contributed by atoms with Gasteiger partial charge in [-0.15, -0.1) is 11.3 Å². The molecule has 3 nitrogen and oxygen atoms in total. The van der Waals surface area contributed by atoms with Gasteiger partial charge in [0, 0.05) is 42.3 Å². The molecule has 244 valence electrons. The summed E-state index contributed by atoms with van der Waals surface area (Å²) in [5.41, 5.74) is 8.35. The Morgan fingerprint density at radius 1 is 0.404 bits per heavy atom. The molecule has 0 N–H and O–H groups in total. The average Bonchev–Trinajstić information content (AvgIpc) is 3.68. The summed E-state index contributed by atoms with van der Waals surface area (Å²) in [6.07, 6.45) is 0. The molecule has 10 aromatic rings. The topological polar surface area (TPSA) is 38.7 Å². The van der Waals surface area contributed by atoms with Gasteiger partial charge < -0.3 is 0 Å². The van der Waals surface area contributed by atoms with E-state index in [1.165, 1.54) is 69.4 Å². The number of nitrogens with zero attached hydrogens (tertiary/aromatic N) is 3. The van der Waals surface area contributed by atoms with Gasteiger partial charge in [-0.2, -0.15) is 0 Å². The normalized spacial score (nSPS) is 13.3. The number of fused-ring (bicyclic) bond motifs is 11. The molecule has 0 saturated heterocycles. The van der Waals surface area contributed by atoms with Crippen LogP contribution in [0.1, 0.15) is 25.0 Å². The Hall–Kier alpha value is -6.23. The van der Waals surface area contributed by atoms with Crippen LogP contribution in [0, 0.1) is 0 Å². The maximum absolute atomic E-state index is 5.15. The first-order valence-electron chi connectivity index (χ1n) is 17.8. The van der Waals surface area contributed by atoms with Crippen molar-refractivity contribution in [3.05, 3.63) is 163 Å². The van der Waals surface area contributed by atoms with Crippen molar-refractivity contribution < 1.29 is 0 Å². The lowest BCUT2D eigenvalue weighted by Crippen LogP contribution is -2.14. The summed E-state index contributed by atoms with van der Waals surface area (Å²) >= 11 is 1.82. The largest absolute Gasteiger partial charge is 0.208 e. The molecule has 0 bridgehead atoms. The third kappa shape index (κ3) is 4.34. The Morgan fingerprint density at radius 3 is 1.87 bits per heavy atom. The molecule has 0 aliphatic heterocycles. The zero-order valence-corrected chi connectivity index (χ0v) is 29.5. The average molecular weight is 682 g/mol. The molecule has 0 spiro atoms. The molecule has 0 atom stereocenters. The van der Waals surface area contributed by atoms with Crippen LogP contribution in [0.5, 0.6) is 0 Å².